The molecule has 0 aliphatic carbocycles. The third-order valence-corrected chi connectivity index (χ3v) is 14.3. The summed E-state index contributed by atoms with van der Waals surface area (Å²) in [5.74, 6) is 0. The summed E-state index contributed by atoms with van der Waals surface area (Å²) >= 11 is 1.81. The molecule has 0 saturated heterocycles. The lowest BCUT2D eigenvalue weighted by atomic mass is 9.91. The Labute approximate surface area is 374 Å². The van der Waals surface area contributed by atoms with E-state index in [1.54, 1.807) is 11.3 Å². The van der Waals surface area contributed by atoms with Crippen molar-refractivity contribution in [2.75, 3.05) is 11.4 Å². The van der Waals surface area contributed by atoms with Gasteiger partial charge < -0.3 is 9.47 Å². The second-order valence-electron chi connectivity index (χ2n) is 16.8. The zero-order chi connectivity index (χ0) is 42.3. The molecule has 4 heterocycles. The summed E-state index contributed by atoms with van der Waals surface area (Å²) in [7, 11) is 0. The number of thiophene rings is 1. The predicted octanol–water partition coefficient (Wildman–Crippen LogP) is 16.6. The van der Waals surface area contributed by atoms with Gasteiger partial charge in [0, 0.05) is 67.2 Å². The number of pyridine rings is 1. The van der Waals surface area contributed by atoms with Crippen molar-refractivity contribution < 1.29 is 0 Å². The van der Waals surface area contributed by atoms with Crippen LogP contribution in [0, 0.1) is 0 Å². The highest BCUT2D eigenvalue weighted by molar-refractivity contribution is 7.25. The Morgan fingerprint density at radius 3 is 1.84 bits per heavy atom. The average Bonchev–Trinajstić information content (AvgIpc) is 3.90. The molecule has 300 valence electrons. The molecule has 0 bridgehead atoms. The molecule has 0 fully saturated rings. The molecule has 1 aliphatic heterocycles. The Balaban J connectivity index is 0.893. The highest BCUT2D eigenvalue weighted by atomic mass is 32.1. The van der Waals surface area contributed by atoms with Gasteiger partial charge in [0.1, 0.15) is 0 Å². The van der Waals surface area contributed by atoms with Gasteiger partial charge in [-0.2, -0.15) is 0 Å². The number of benzene rings is 9. The fourth-order valence-electron chi connectivity index (χ4n) is 10.2. The molecule has 0 radical (unpaired) electrons. The number of anilines is 2. The van der Waals surface area contributed by atoms with Crippen molar-refractivity contribution in [2.24, 2.45) is 0 Å². The zero-order valence-electron chi connectivity index (χ0n) is 34.9. The molecule has 0 atom stereocenters. The predicted molar refractivity (Wildman–Crippen MR) is 276 cm³/mol. The van der Waals surface area contributed by atoms with Crippen molar-refractivity contribution in [1.29, 1.82) is 0 Å². The van der Waals surface area contributed by atoms with Gasteiger partial charge in [0.15, 0.2) is 0 Å². The van der Waals surface area contributed by atoms with Crippen molar-refractivity contribution in [1.82, 2.24) is 9.55 Å². The van der Waals surface area contributed by atoms with E-state index in [-0.39, 0.29) is 0 Å². The van der Waals surface area contributed by atoms with Crippen LogP contribution in [0.5, 0.6) is 0 Å². The smallest absolute Gasteiger partial charge is 0.0709 e. The van der Waals surface area contributed by atoms with Gasteiger partial charge in [0.25, 0.3) is 0 Å². The number of fused-ring (bicyclic) bond motifs is 13. The first kappa shape index (κ1) is 36.6. The fraction of sp³-hybridized carbons (Fsp3) is 0.0167. The van der Waals surface area contributed by atoms with E-state index in [1.807, 2.05) is 12.2 Å². The second-order valence-corrected chi connectivity index (χ2v) is 17.9. The molecular formula is C60H39N3S. The van der Waals surface area contributed by atoms with E-state index < -0.39 is 0 Å². The molecule has 0 saturated carbocycles. The summed E-state index contributed by atoms with van der Waals surface area (Å²) in [6.07, 6.45) is 10.5. The molecule has 4 heteroatoms. The molecule has 1 aliphatic rings. The normalized spacial score (nSPS) is 13.0. The summed E-state index contributed by atoms with van der Waals surface area (Å²) in [4.78, 5) is 7.51. The van der Waals surface area contributed by atoms with Crippen LogP contribution < -0.4 is 4.90 Å². The molecule has 3 nitrogen and oxygen atoms in total. The molecule has 64 heavy (non-hydrogen) atoms. The monoisotopic (exact) mass is 833 g/mol. The van der Waals surface area contributed by atoms with Crippen LogP contribution in [-0.4, -0.2) is 16.1 Å². The van der Waals surface area contributed by atoms with E-state index >= 15 is 0 Å². The lowest BCUT2D eigenvalue weighted by Crippen LogP contribution is -2.23. The third-order valence-electron chi connectivity index (χ3n) is 13.2. The number of allylic oxidation sites excluding steroid dienone is 2. The van der Waals surface area contributed by atoms with Crippen molar-refractivity contribution in [3.8, 4) is 28.1 Å². The number of hydrogen-bond acceptors (Lipinski definition) is 3. The van der Waals surface area contributed by atoms with Crippen LogP contribution in [0.25, 0.3) is 108 Å². The summed E-state index contributed by atoms with van der Waals surface area (Å²) in [5.41, 5.74) is 12.8. The second kappa shape index (κ2) is 14.5. The maximum atomic E-state index is 5.05. The van der Waals surface area contributed by atoms with Crippen LogP contribution in [0.15, 0.2) is 219 Å². The van der Waals surface area contributed by atoms with E-state index in [4.69, 9.17) is 4.98 Å². The largest absolute Gasteiger partial charge is 0.336 e. The van der Waals surface area contributed by atoms with E-state index in [0.29, 0.717) is 0 Å². The summed E-state index contributed by atoms with van der Waals surface area (Å²) in [5, 5.41) is 12.7. The van der Waals surface area contributed by atoms with Gasteiger partial charge in [0.05, 0.1) is 21.4 Å². The van der Waals surface area contributed by atoms with E-state index in [9.17, 15) is 0 Å². The first-order valence-corrected chi connectivity index (χ1v) is 22.6. The maximum absolute atomic E-state index is 5.05. The number of rotatable bonds is 6. The highest BCUT2D eigenvalue weighted by Crippen LogP contribution is 2.43. The average molecular weight is 834 g/mol. The molecule has 0 unspecified atom stereocenters. The number of nitrogens with zero attached hydrogens (tertiary/aromatic N) is 3. The van der Waals surface area contributed by atoms with Gasteiger partial charge in [-0.3, -0.25) is 4.98 Å². The highest BCUT2D eigenvalue weighted by Gasteiger charge is 2.22. The Bertz CT molecular complexity index is 3890. The first-order chi connectivity index (χ1) is 31.7. The Morgan fingerprint density at radius 2 is 1.11 bits per heavy atom. The van der Waals surface area contributed by atoms with Gasteiger partial charge in [-0.25, -0.2) is 0 Å². The molecular weight excluding hydrogens is 795 g/mol. The van der Waals surface area contributed by atoms with E-state index in [2.05, 4.69) is 216 Å². The van der Waals surface area contributed by atoms with Crippen LogP contribution in [0.1, 0.15) is 5.56 Å². The SMILES string of the molecule is C=C/C=C\C1=Cc2cc(-n3c4ccccc4c4ccccc43)ccc2N(c2ccc3sc4cnc(-c5cccc(-c6ccc7c8ccccc8c8ccccc8c7c6)c5)cc4c3c2)C1. The number of hydrogen-bond donors (Lipinski definition) is 0. The lowest BCUT2D eigenvalue weighted by Gasteiger charge is -2.31. The summed E-state index contributed by atoms with van der Waals surface area (Å²) in [6.45, 7) is 4.72. The minimum absolute atomic E-state index is 0.750. The van der Waals surface area contributed by atoms with Gasteiger partial charge in [0.2, 0.25) is 0 Å². The van der Waals surface area contributed by atoms with Gasteiger partial charge in [-0.1, -0.05) is 140 Å². The van der Waals surface area contributed by atoms with Crippen LogP contribution in [-0.2, 0) is 0 Å². The van der Waals surface area contributed by atoms with Crippen LogP contribution >= 0.6 is 11.3 Å². The van der Waals surface area contributed by atoms with Crippen LogP contribution in [0.3, 0.4) is 0 Å². The number of aromatic nitrogens is 2. The van der Waals surface area contributed by atoms with Crippen LogP contribution in [0.4, 0.5) is 11.4 Å². The third kappa shape index (κ3) is 5.77. The molecule has 3 aromatic heterocycles. The van der Waals surface area contributed by atoms with E-state index in [0.717, 1.165) is 29.2 Å². The van der Waals surface area contributed by atoms with Crippen molar-refractivity contribution >= 4 is 103 Å². The Kier molecular flexibility index (Phi) is 8.30. The zero-order valence-corrected chi connectivity index (χ0v) is 35.7. The van der Waals surface area contributed by atoms with E-state index in [1.165, 1.54) is 102 Å². The molecule has 0 amide bonds. The maximum Gasteiger partial charge on any atom is 0.0709 e. The van der Waals surface area contributed by atoms with Crippen molar-refractivity contribution in [3.63, 3.8) is 0 Å². The van der Waals surface area contributed by atoms with Gasteiger partial charge >= 0.3 is 0 Å². The van der Waals surface area contributed by atoms with Crippen molar-refractivity contribution in [2.45, 2.75) is 0 Å². The standard InChI is InChI=1S/C60H39N3S/c1-2-3-13-38-30-42-32-44(63-57-22-10-8-20-50(57)51-21-9-11-23-58(51)63)25-28-56(42)62(37-38)43-26-29-59-53(34-43)54-35-55(61-36-60(54)64-59)41-15-12-14-39(31-41)40-24-27-49-47-18-5-4-16-45(47)46-17-6-7-19-48(46)52(49)33-40/h2-36H,1,37H2/b13-3-. The summed E-state index contributed by atoms with van der Waals surface area (Å²) in [6, 6.07) is 66.9. The van der Waals surface area contributed by atoms with Crippen LogP contribution in [0.2, 0.25) is 0 Å². The molecule has 13 rings (SSSR count). The quantitative estimate of drug-likeness (QED) is 0.123. The van der Waals surface area contributed by atoms with Gasteiger partial charge in [-0.15, -0.1) is 11.3 Å². The minimum Gasteiger partial charge on any atom is -0.336 e. The lowest BCUT2D eigenvalue weighted by molar-refractivity contribution is 1.05. The Morgan fingerprint density at radius 1 is 0.484 bits per heavy atom. The molecule has 9 aromatic carbocycles. The number of para-hydroxylation sites is 2. The van der Waals surface area contributed by atoms with Crippen molar-refractivity contribution in [3.05, 3.63) is 224 Å². The minimum atomic E-state index is 0.750. The summed E-state index contributed by atoms with van der Waals surface area (Å²) < 4.78 is 4.83. The topological polar surface area (TPSA) is 21.1 Å². The Hall–Kier alpha value is -8.05. The molecule has 0 spiro atoms. The molecule has 12 aromatic rings. The molecule has 0 N–H and O–H groups in total. The first-order valence-electron chi connectivity index (χ1n) is 21.8. The van der Waals surface area contributed by atoms with Gasteiger partial charge in [-0.05, 0) is 122 Å². The fourth-order valence-corrected chi connectivity index (χ4v) is 11.3.